The summed E-state index contributed by atoms with van der Waals surface area (Å²) in [4.78, 5) is 13.2. The highest BCUT2D eigenvalue weighted by Crippen LogP contribution is 2.27. The van der Waals surface area contributed by atoms with Crippen molar-refractivity contribution in [2.24, 2.45) is 5.92 Å². The van der Waals surface area contributed by atoms with Gasteiger partial charge in [0.15, 0.2) is 0 Å². The molecule has 0 aromatic rings. The van der Waals surface area contributed by atoms with E-state index < -0.39 is 5.97 Å². The first-order valence-electron chi connectivity index (χ1n) is 6.71. The van der Waals surface area contributed by atoms with E-state index in [4.69, 9.17) is 9.84 Å². The number of carbonyl (C=O) groups is 1. The van der Waals surface area contributed by atoms with Crippen molar-refractivity contribution in [1.82, 2.24) is 4.90 Å². The van der Waals surface area contributed by atoms with Crippen LogP contribution in [0.2, 0.25) is 0 Å². The van der Waals surface area contributed by atoms with Crippen molar-refractivity contribution >= 4 is 5.97 Å². The highest BCUT2D eigenvalue weighted by molar-refractivity contribution is 5.70. The van der Waals surface area contributed by atoms with Crippen molar-refractivity contribution in [3.8, 4) is 0 Å². The zero-order chi connectivity index (χ0) is 12.3. The number of ether oxygens (including phenoxy) is 1. The molecule has 2 rings (SSSR count). The molecule has 0 aromatic carbocycles. The number of aliphatic carboxylic acids is 1. The second-order valence-electron chi connectivity index (χ2n) is 5.42. The minimum atomic E-state index is -0.620. The van der Waals surface area contributed by atoms with Crippen LogP contribution < -0.4 is 0 Å². The maximum Gasteiger partial charge on any atom is 0.306 e. The van der Waals surface area contributed by atoms with Crippen molar-refractivity contribution in [2.45, 2.75) is 50.7 Å². The topological polar surface area (TPSA) is 49.8 Å². The van der Waals surface area contributed by atoms with Crippen LogP contribution >= 0.6 is 0 Å². The molecule has 1 heterocycles. The SMILES string of the molecule is CN(CC1CCCO1)C1CCC(C(=O)O)CC1. The molecule has 2 aliphatic rings. The lowest BCUT2D eigenvalue weighted by Gasteiger charge is -2.34. The van der Waals surface area contributed by atoms with Crippen molar-refractivity contribution < 1.29 is 14.6 Å². The van der Waals surface area contributed by atoms with E-state index in [-0.39, 0.29) is 5.92 Å². The smallest absolute Gasteiger partial charge is 0.306 e. The van der Waals surface area contributed by atoms with Crippen LogP contribution in [0, 0.1) is 5.92 Å². The Bertz CT molecular complexity index is 255. The van der Waals surface area contributed by atoms with Gasteiger partial charge in [-0.05, 0) is 45.6 Å². The lowest BCUT2D eigenvalue weighted by atomic mass is 9.85. The van der Waals surface area contributed by atoms with E-state index in [1.54, 1.807) is 0 Å². The van der Waals surface area contributed by atoms with Gasteiger partial charge in [0.2, 0.25) is 0 Å². The summed E-state index contributed by atoms with van der Waals surface area (Å²) < 4.78 is 5.64. The van der Waals surface area contributed by atoms with Crippen LogP contribution in [-0.2, 0) is 9.53 Å². The van der Waals surface area contributed by atoms with Crippen LogP contribution in [0.5, 0.6) is 0 Å². The van der Waals surface area contributed by atoms with Gasteiger partial charge in [-0.1, -0.05) is 0 Å². The number of carboxylic acid groups (broad SMARTS) is 1. The zero-order valence-corrected chi connectivity index (χ0v) is 10.6. The van der Waals surface area contributed by atoms with E-state index >= 15 is 0 Å². The average Bonchev–Trinajstić information content (AvgIpc) is 2.82. The van der Waals surface area contributed by atoms with E-state index in [1.165, 1.54) is 12.8 Å². The Morgan fingerprint density at radius 1 is 1.29 bits per heavy atom. The molecule has 0 radical (unpaired) electrons. The van der Waals surface area contributed by atoms with Crippen molar-refractivity contribution in [1.29, 1.82) is 0 Å². The molecule has 4 heteroatoms. The lowest BCUT2D eigenvalue weighted by molar-refractivity contribution is -0.143. The number of carboxylic acids is 1. The molecule has 1 unspecified atom stereocenters. The summed E-state index contributed by atoms with van der Waals surface area (Å²) in [5.74, 6) is -0.729. The van der Waals surface area contributed by atoms with Crippen LogP contribution in [0.1, 0.15) is 38.5 Å². The predicted octanol–water partition coefficient (Wildman–Crippen LogP) is 1.74. The fourth-order valence-electron chi connectivity index (χ4n) is 3.02. The molecule has 1 saturated carbocycles. The van der Waals surface area contributed by atoms with E-state index in [9.17, 15) is 4.79 Å². The molecule has 1 aliphatic carbocycles. The number of rotatable bonds is 4. The van der Waals surface area contributed by atoms with Gasteiger partial charge in [0.25, 0.3) is 0 Å². The molecule has 0 amide bonds. The quantitative estimate of drug-likeness (QED) is 0.814. The van der Waals surface area contributed by atoms with Gasteiger partial charge in [0, 0.05) is 19.2 Å². The van der Waals surface area contributed by atoms with E-state index in [1.807, 2.05) is 0 Å². The summed E-state index contributed by atoms with van der Waals surface area (Å²) >= 11 is 0. The first kappa shape index (κ1) is 12.8. The monoisotopic (exact) mass is 241 g/mol. The van der Waals surface area contributed by atoms with Gasteiger partial charge in [0.05, 0.1) is 12.0 Å². The molecular formula is C13H23NO3. The fraction of sp³-hybridized carbons (Fsp3) is 0.923. The van der Waals surface area contributed by atoms with Gasteiger partial charge in [-0.2, -0.15) is 0 Å². The summed E-state index contributed by atoms with van der Waals surface area (Å²) in [6.07, 6.45) is 6.45. The third-order valence-corrected chi connectivity index (χ3v) is 4.18. The molecule has 4 nitrogen and oxygen atoms in total. The van der Waals surface area contributed by atoms with Gasteiger partial charge in [-0.15, -0.1) is 0 Å². The summed E-state index contributed by atoms with van der Waals surface area (Å²) in [7, 11) is 2.15. The molecule has 1 atom stereocenters. The van der Waals surface area contributed by atoms with Gasteiger partial charge in [-0.25, -0.2) is 0 Å². The largest absolute Gasteiger partial charge is 0.481 e. The maximum atomic E-state index is 10.9. The lowest BCUT2D eigenvalue weighted by Crippen LogP contribution is -2.40. The van der Waals surface area contributed by atoms with Gasteiger partial charge in [0.1, 0.15) is 0 Å². The number of nitrogens with zero attached hydrogens (tertiary/aromatic N) is 1. The van der Waals surface area contributed by atoms with Crippen molar-refractivity contribution in [2.75, 3.05) is 20.2 Å². The Balaban J connectivity index is 1.73. The van der Waals surface area contributed by atoms with E-state index in [0.717, 1.165) is 38.8 Å². The second kappa shape index (κ2) is 5.83. The Hall–Kier alpha value is -0.610. The normalized spacial score (nSPS) is 34.1. The van der Waals surface area contributed by atoms with Crippen molar-refractivity contribution in [3.63, 3.8) is 0 Å². The van der Waals surface area contributed by atoms with Gasteiger partial charge < -0.3 is 14.7 Å². The third kappa shape index (κ3) is 3.42. The second-order valence-corrected chi connectivity index (χ2v) is 5.42. The molecule has 98 valence electrons. The van der Waals surface area contributed by atoms with Crippen LogP contribution in [0.25, 0.3) is 0 Å². The zero-order valence-electron chi connectivity index (χ0n) is 10.6. The molecule has 1 aliphatic heterocycles. The highest BCUT2D eigenvalue weighted by Gasteiger charge is 2.29. The number of hydrogen-bond donors (Lipinski definition) is 1. The molecule has 0 spiro atoms. The molecule has 1 saturated heterocycles. The molecule has 0 bridgehead atoms. The molecule has 0 aromatic heterocycles. The van der Waals surface area contributed by atoms with Crippen LogP contribution in [-0.4, -0.2) is 48.3 Å². The first-order valence-corrected chi connectivity index (χ1v) is 6.71. The summed E-state index contributed by atoms with van der Waals surface area (Å²) in [6.45, 7) is 1.91. The molecule has 2 fully saturated rings. The van der Waals surface area contributed by atoms with Gasteiger partial charge >= 0.3 is 5.97 Å². The maximum absolute atomic E-state index is 10.9. The Morgan fingerprint density at radius 3 is 2.53 bits per heavy atom. The number of likely N-dealkylation sites (N-methyl/N-ethyl adjacent to an activating group) is 1. The highest BCUT2D eigenvalue weighted by atomic mass is 16.5. The van der Waals surface area contributed by atoms with Crippen molar-refractivity contribution in [3.05, 3.63) is 0 Å². The third-order valence-electron chi connectivity index (χ3n) is 4.18. The van der Waals surface area contributed by atoms with Crippen LogP contribution in [0.15, 0.2) is 0 Å². The summed E-state index contributed by atoms with van der Waals surface area (Å²) in [5, 5.41) is 8.96. The Kier molecular flexibility index (Phi) is 4.40. The van der Waals surface area contributed by atoms with Crippen LogP contribution in [0.4, 0.5) is 0 Å². The molecule has 1 N–H and O–H groups in total. The Labute approximate surface area is 103 Å². The van der Waals surface area contributed by atoms with Crippen LogP contribution in [0.3, 0.4) is 0 Å². The average molecular weight is 241 g/mol. The summed E-state index contributed by atoms with van der Waals surface area (Å²) in [6, 6.07) is 0.551. The minimum absolute atomic E-state index is 0.109. The number of hydrogen-bond acceptors (Lipinski definition) is 3. The van der Waals surface area contributed by atoms with E-state index in [2.05, 4.69) is 11.9 Å². The Morgan fingerprint density at radius 2 is 2.00 bits per heavy atom. The first-order chi connectivity index (χ1) is 8.16. The van der Waals surface area contributed by atoms with E-state index in [0.29, 0.717) is 12.1 Å². The minimum Gasteiger partial charge on any atom is -0.481 e. The summed E-state index contributed by atoms with van der Waals surface area (Å²) in [5.41, 5.74) is 0. The standard InChI is InChI=1S/C13H23NO3/c1-14(9-12-3-2-8-17-12)11-6-4-10(5-7-11)13(15)16/h10-12H,2-9H2,1H3,(H,15,16). The molecular weight excluding hydrogens is 218 g/mol. The molecule has 17 heavy (non-hydrogen) atoms. The fourth-order valence-corrected chi connectivity index (χ4v) is 3.02. The predicted molar refractivity (Wildman–Crippen MR) is 65.0 cm³/mol. The van der Waals surface area contributed by atoms with Gasteiger partial charge in [-0.3, -0.25) is 4.79 Å².